The maximum atomic E-state index is 12.3. The largest absolute Gasteiger partial charge is 0.383 e. The van der Waals surface area contributed by atoms with Crippen LogP contribution in [0.15, 0.2) is 10.9 Å². The summed E-state index contributed by atoms with van der Waals surface area (Å²) in [6.07, 6.45) is 3.49. The summed E-state index contributed by atoms with van der Waals surface area (Å²) in [4.78, 5) is 30.6. The molecule has 2 aromatic rings. The highest BCUT2D eigenvalue weighted by Crippen LogP contribution is 2.25. The van der Waals surface area contributed by atoms with Gasteiger partial charge in [0.15, 0.2) is 0 Å². The van der Waals surface area contributed by atoms with E-state index < -0.39 is 5.56 Å². The zero-order valence-electron chi connectivity index (χ0n) is 12.9. The first kappa shape index (κ1) is 15.9. The van der Waals surface area contributed by atoms with Crippen LogP contribution in [0.1, 0.15) is 29.8 Å². The van der Waals surface area contributed by atoms with Crippen LogP contribution in [0.2, 0.25) is 0 Å². The van der Waals surface area contributed by atoms with Gasteiger partial charge in [-0.3, -0.25) is 9.59 Å². The monoisotopic (exact) mass is 337 g/mol. The summed E-state index contributed by atoms with van der Waals surface area (Å²) in [5, 5.41) is 8.00. The zero-order chi connectivity index (χ0) is 16.2. The second kappa shape index (κ2) is 7.05. The van der Waals surface area contributed by atoms with Crippen molar-refractivity contribution in [1.82, 2.24) is 19.9 Å². The van der Waals surface area contributed by atoms with E-state index in [1.54, 1.807) is 7.11 Å². The van der Waals surface area contributed by atoms with Gasteiger partial charge in [-0.2, -0.15) is 9.50 Å². The minimum Gasteiger partial charge on any atom is -0.383 e. The van der Waals surface area contributed by atoms with Crippen molar-refractivity contribution < 1.29 is 9.53 Å². The highest BCUT2D eigenvalue weighted by Gasteiger charge is 2.19. The Labute approximate surface area is 137 Å². The van der Waals surface area contributed by atoms with Crippen LogP contribution in [0.3, 0.4) is 0 Å². The van der Waals surface area contributed by atoms with Crippen molar-refractivity contribution in [3.8, 4) is 0 Å². The van der Waals surface area contributed by atoms with Gasteiger partial charge in [0, 0.05) is 32.8 Å². The van der Waals surface area contributed by atoms with E-state index in [-0.39, 0.29) is 11.6 Å². The number of aromatic nitrogens is 3. The molecule has 0 aliphatic carbocycles. The molecule has 0 saturated carbocycles. The molecule has 1 aliphatic rings. The zero-order valence-corrected chi connectivity index (χ0v) is 13.8. The number of hydrogen-bond acceptors (Lipinski definition) is 7. The Morgan fingerprint density at radius 1 is 1.39 bits per heavy atom. The summed E-state index contributed by atoms with van der Waals surface area (Å²) in [5.41, 5.74) is -0.230. The van der Waals surface area contributed by atoms with E-state index in [4.69, 9.17) is 4.74 Å². The van der Waals surface area contributed by atoms with Crippen LogP contribution in [-0.4, -0.2) is 53.9 Å². The maximum Gasteiger partial charge on any atom is 0.274 e. The molecule has 124 valence electrons. The van der Waals surface area contributed by atoms with Gasteiger partial charge in [-0.1, -0.05) is 11.3 Å². The van der Waals surface area contributed by atoms with Crippen LogP contribution in [0.25, 0.3) is 4.96 Å². The van der Waals surface area contributed by atoms with E-state index in [0.29, 0.717) is 18.1 Å². The summed E-state index contributed by atoms with van der Waals surface area (Å²) in [5.74, 6) is -0.355. The first-order chi connectivity index (χ1) is 11.2. The molecule has 1 fully saturated rings. The standard InChI is InChI=1S/C14H19N5O3S/c1-22-8-5-15-12(21)10-9-11(20)16-13-19(10)17-14(23-13)18-6-3-2-4-7-18/h9H,2-8H2,1H3,(H,15,21). The number of rotatable bonds is 5. The van der Waals surface area contributed by atoms with Gasteiger partial charge in [-0.15, -0.1) is 5.10 Å². The van der Waals surface area contributed by atoms with Gasteiger partial charge in [0.25, 0.3) is 11.5 Å². The van der Waals surface area contributed by atoms with Crippen molar-refractivity contribution in [3.05, 3.63) is 22.1 Å². The smallest absolute Gasteiger partial charge is 0.274 e. The number of nitrogens with one attached hydrogen (secondary N) is 1. The number of ether oxygens (including phenoxy) is 1. The van der Waals surface area contributed by atoms with Crippen LogP contribution in [0.4, 0.5) is 5.13 Å². The lowest BCUT2D eigenvalue weighted by atomic mass is 10.1. The Morgan fingerprint density at radius 2 is 2.17 bits per heavy atom. The Morgan fingerprint density at radius 3 is 2.91 bits per heavy atom. The molecule has 9 heteroatoms. The Kier molecular flexibility index (Phi) is 4.87. The van der Waals surface area contributed by atoms with E-state index in [2.05, 4.69) is 20.3 Å². The second-order valence-corrected chi connectivity index (χ2v) is 6.29. The first-order valence-electron chi connectivity index (χ1n) is 7.62. The highest BCUT2D eigenvalue weighted by atomic mass is 32.1. The minimum absolute atomic E-state index is 0.204. The number of methoxy groups -OCH3 is 1. The van der Waals surface area contributed by atoms with Crippen molar-refractivity contribution in [2.45, 2.75) is 19.3 Å². The van der Waals surface area contributed by atoms with Gasteiger partial charge in [0.1, 0.15) is 5.69 Å². The number of hydrogen-bond donors (Lipinski definition) is 1. The van der Waals surface area contributed by atoms with Crippen LogP contribution >= 0.6 is 11.3 Å². The molecule has 1 amide bonds. The molecule has 0 aromatic carbocycles. The molecule has 0 atom stereocenters. The maximum absolute atomic E-state index is 12.3. The van der Waals surface area contributed by atoms with E-state index in [1.807, 2.05) is 0 Å². The SMILES string of the molecule is COCCNC(=O)c1cc(=O)nc2sc(N3CCCCC3)nn12. The molecule has 8 nitrogen and oxygen atoms in total. The van der Waals surface area contributed by atoms with E-state index in [9.17, 15) is 9.59 Å². The molecule has 1 saturated heterocycles. The van der Waals surface area contributed by atoms with Crippen molar-refractivity contribution in [2.24, 2.45) is 0 Å². The lowest BCUT2D eigenvalue weighted by Crippen LogP contribution is -2.31. The van der Waals surface area contributed by atoms with Crippen LogP contribution in [0.5, 0.6) is 0 Å². The minimum atomic E-state index is -0.435. The van der Waals surface area contributed by atoms with E-state index in [0.717, 1.165) is 31.1 Å². The predicted molar refractivity (Wildman–Crippen MR) is 87.4 cm³/mol. The van der Waals surface area contributed by atoms with Crippen LogP contribution < -0.4 is 15.8 Å². The van der Waals surface area contributed by atoms with E-state index >= 15 is 0 Å². The van der Waals surface area contributed by atoms with Gasteiger partial charge >= 0.3 is 0 Å². The van der Waals surface area contributed by atoms with Gasteiger partial charge in [-0.25, -0.2) is 0 Å². The van der Waals surface area contributed by atoms with Crippen LogP contribution in [0, 0.1) is 0 Å². The number of carbonyl (C=O) groups is 1. The quantitative estimate of drug-likeness (QED) is 0.800. The number of amides is 1. The number of carbonyl (C=O) groups excluding carboxylic acids is 1. The predicted octanol–water partition coefficient (Wildman–Crippen LogP) is 0.517. The van der Waals surface area contributed by atoms with Gasteiger partial charge in [0.2, 0.25) is 10.1 Å². The fourth-order valence-corrected chi connectivity index (χ4v) is 3.50. The van der Waals surface area contributed by atoms with Crippen LogP contribution in [-0.2, 0) is 4.74 Å². The third-order valence-electron chi connectivity index (χ3n) is 3.69. The summed E-state index contributed by atoms with van der Waals surface area (Å²) in [6.45, 7) is 2.67. The van der Waals surface area contributed by atoms with Crippen molar-refractivity contribution in [2.75, 3.05) is 38.3 Å². The Hall–Kier alpha value is -2.00. The van der Waals surface area contributed by atoms with Gasteiger partial charge in [0.05, 0.1) is 6.61 Å². The molecule has 0 unspecified atom stereocenters. The van der Waals surface area contributed by atoms with E-state index in [1.165, 1.54) is 28.3 Å². The number of piperidine rings is 1. The summed E-state index contributed by atoms with van der Waals surface area (Å²) in [7, 11) is 1.56. The van der Waals surface area contributed by atoms with Crippen molar-refractivity contribution in [3.63, 3.8) is 0 Å². The Balaban J connectivity index is 1.92. The first-order valence-corrected chi connectivity index (χ1v) is 8.43. The molecule has 23 heavy (non-hydrogen) atoms. The molecular formula is C14H19N5O3S. The van der Waals surface area contributed by atoms with Gasteiger partial charge < -0.3 is 15.0 Å². The fraction of sp³-hybridized carbons (Fsp3) is 0.571. The molecule has 1 N–H and O–H groups in total. The number of fused-ring (bicyclic) bond motifs is 1. The summed E-state index contributed by atoms with van der Waals surface area (Å²) >= 11 is 1.34. The summed E-state index contributed by atoms with van der Waals surface area (Å²) < 4.78 is 6.36. The molecule has 0 bridgehead atoms. The lowest BCUT2D eigenvalue weighted by molar-refractivity contribution is 0.0929. The van der Waals surface area contributed by atoms with Crippen molar-refractivity contribution in [1.29, 1.82) is 0 Å². The molecule has 0 spiro atoms. The third-order valence-corrected chi connectivity index (χ3v) is 4.66. The Bertz CT molecular complexity index is 750. The molecule has 0 radical (unpaired) electrons. The molecular weight excluding hydrogens is 318 g/mol. The molecule has 2 aromatic heterocycles. The normalized spacial score (nSPS) is 15.1. The summed E-state index contributed by atoms with van der Waals surface area (Å²) in [6, 6.07) is 1.22. The molecule has 3 rings (SSSR count). The lowest BCUT2D eigenvalue weighted by Gasteiger charge is -2.25. The third kappa shape index (κ3) is 3.50. The van der Waals surface area contributed by atoms with Crippen molar-refractivity contribution >= 4 is 27.3 Å². The van der Waals surface area contributed by atoms with Gasteiger partial charge in [-0.05, 0) is 19.3 Å². The number of nitrogens with zero attached hydrogens (tertiary/aromatic N) is 4. The number of anilines is 1. The fourth-order valence-electron chi connectivity index (χ4n) is 2.54. The molecule has 1 aliphatic heterocycles. The average Bonchev–Trinajstić information content (AvgIpc) is 2.98. The topological polar surface area (TPSA) is 88.8 Å². The second-order valence-electron chi connectivity index (χ2n) is 5.36. The molecule has 3 heterocycles. The average molecular weight is 337 g/mol. The highest BCUT2D eigenvalue weighted by molar-refractivity contribution is 7.20.